The monoisotopic (exact) mass is 376 g/mol. The van der Waals surface area contributed by atoms with Gasteiger partial charge in [-0.25, -0.2) is 4.68 Å². The summed E-state index contributed by atoms with van der Waals surface area (Å²) in [6, 6.07) is 4.17. The molecule has 0 N–H and O–H groups in total. The number of hydrogen-bond donors (Lipinski definition) is 0. The van der Waals surface area contributed by atoms with E-state index in [0.717, 1.165) is 41.5 Å². The quantitative estimate of drug-likeness (QED) is 0.789. The molecule has 0 saturated heterocycles. The van der Waals surface area contributed by atoms with Gasteiger partial charge >= 0.3 is 0 Å². The van der Waals surface area contributed by atoms with Crippen molar-refractivity contribution in [2.75, 3.05) is 0 Å². The Bertz CT molecular complexity index is 647. The minimum Gasteiger partial charge on any atom is -0.273 e. The minimum atomic E-state index is -0.734. The second-order valence-electron chi connectivity index (χ2n) is 6.29. The molecule has 2 rings (SSSR count). The molecule has 6 heteroatoms. The number of aryl methyl sites for hydroxylation is 1. The van der Waals surface area contributed by atoms with Crippen molar-refractivity contribution in [1.82, 2.24) is 9.78 Å². The summed E-state index contributed by atoms with van der Waals surface area (Å²) >= 11 is 3.43. The zero-order valence-electron chi connectivity index (χ0n) is 13.5. The van der Waals surface area contributed by atoms with Crippen LogP contribution in [-0.2, 0) is 0 Å². The van der Waals surface area contributed by atoms with Crippen LogP contribution >= 0.6 is 15.9 Å². The van der Waals surface area contributed by atoms with Gasteiger partial charge < -0.3 is 0 Å². The van der Waals surface area contributed by atoms with Gasteiger partial charge in [-0.2, -0.15) is 15.6 Å². The second-order valence-corrected chi connectivity index (χ2v) is 7.09. The van der Waals surface area contributed by atoms with Crippen molar-refractivity contribution in [2.24, 2.45) is 17.8 Å². The van der Waals surface area contributed by atoms with Crippen LogP contribution in [0.2, 0.25) is 0 Å². The van der Waals surface area contributed by atoms with E-state index in [2.05, 4.69) is 33.2 Å². The zero-order chi connectivity index (χ0) is 17.0. The van der Waals surface area contributed by atoms with Crippen molar-refractivity contribution < 1.29 is 4.79 Å². The van der Waals surface area contributed by atoms with Crippen LogP contribution in [0.5, 0.6) is 0 Å². The molecule has 5 nitrogen and oxygen atoms in total. The van der Waals surface area contributed by atoms with E-state index in [1.165, 1.54) is 11.1 Å². The number of carbonyl (C=O) groups excluding carboxylic acids is 1. The Balaban J connectivity index is 2.23. The summed E-state index contributed by atoms with van der Waals surface area (Å²) < 4.78 is 2.23. The molecule has 1 aliphatic carbocycles. The number of halogens is 1. The van der Waals surface area contributed by atoms with Crippen molar-refractivity contribution in [3.05, 3.63) is 15.9 Å². The number of hydrogen-bond acceptors (Lipinski definition) is 4. The molecule has 0 unspecified atom stereocenters. The molecule has 0 spiro atoms. The van der Waals surface area contributed by atoms with Gasteiger partial charge in [0.1, 0.15) is 5.92 Å². The van der Waals surface area contributed by atoms with Gasteiger partial charge in [-0.05, 0) is 41.6 Å². The van der Waals surface area contributed by atoms with Crippen LogP contribution < -0.4 is 0 Å². The summed E-state index contributed by atoms with van der Waals surface area (Å²) in [5.74, 6) is -0.803. The average molecular weight is 377 g/mol. The average Bonchev–Trinajstić information content (AvgIpc) is 2.83. The smallest absolute Gasteiger partial charge is 0.247 e. The third-order valence-electron chi connectivity index (χ3n) is 4.81. The highest BCUT2D eigenvalue weighted by molar-refractivity contribution is 9.10. The maximum absolute atomic E-state index is 12.7. The molecule has 0 aromatic carbocycles. The molecule has 1 atom stereocenters. The largest absolute Gasteiger partial charge is 0.273 e. The van der Waals surface area contributed by atoms with E-state index in [0.29, 0.717) is 0 Å². The lowest BCUT2D eigenvalue weighted by molar-refractivity contribution is 0.0817. The van der Waals surface area contributed by atoms with Gasteiger partial charge in [0, 0.05) is 6.42 Å². The van der Waals surface area contributed by atoms with Crippen LogP contribution in [0.3, 0.4) is 0 Å². The van der Waals surface area contributed by atoms with Crippen LogP contribution in [0.1, 0.15) is 54.7 Å². The predicted octanol–water partition coefficient (Wildman–Crippen LogP) is 4.15. The molecule has 0 aliphatic heterocycles. The molecule has 1 aromatic heterocycles. The first-order valence-corrected chi connectivity index (χ1v) is 8.83. The Hall–Kier alpha value is -1.66. The molecule has 0 radical (unpaired) electrons. The fourth-order valence-corrected chi connectivity index (χ4v) is 3.74. The molecular formula is C17H21BrN4O. The van der Waals surface area contributed by atoms with Gasteiger partial charge in [-0.15, -0.1) is 0 Å². The van der Waals surface area contributed by atoms with Gasteiger partial charge in [-0.3, -0.25) is 4.79 Å². The fraction of sp³-hybridized carbons (Fsp3) is 0.647. The lowest BCUT2D eigenvalue weighted by atomic mass is 9.73. The number of rotatable bonds is 4. The van der Waals surface area contributed by atoms with Crippen molar-refractivity contribution in [3.8, 4) is 12.1 Å². The van der Waals surface area contributed by atoms with Crippen LogP contribution in [0, 0.1) is 54.3 Å². The highest BCUT2D eigenvalue weighted by atomic mass is 79.9. The summed E-state index contributed by atoms with van der Waals surface area (Å²) in [6.45, 7) is 3.68. The summed E-state index contributed by atoms with van der Waals surface area (Å²) in [5, 5.41) is 22.9. The molecule has 1 fully saturated rings. The van der Waals surface area contributed by atoms with Crippen molar-refractivity contribution >= 4 is 21.8 Å². The second kappa shape index (κ2) is 7.75. The van der Waals surface area contributed by atoms with Gasteiger partial charge in [0.05, 0.1) is 28.0 Å². The first-order chi connectivity index (χ1) is 11.0. The number of aromatic nitrogens is 2. The Morgan fingerprint density at radius 3 is 2.39 bits per heavy atom. The lowest BCUT2D eigenvalue weighted by Gasteiger charge is -2.30. The fourth-order valence-electron chi connectivity index (χ4n) is 3.49. The van der Waals surface area contributed by atoms with E-state index < -0.39 is 5.92 Å². The van der Waals surface area contributed by atoms with E-state index in [-0.39, 0.29) is 24.2 Å². The summed E-state index contributed by atoms with van der Waals surface area (Å²) in [6.07, 6.45) is 5.63. The van der Waals surface area contributed by atoms with Crippen LogP contribution in [0.15, 0.2) is 4.47 Å². The molecule has 1 aromatic rings. The molecule has 0 bridgehead atoms. The molecule has 1 saturated carbocycles. The Kier molecular flexibility index (Phi) is 5.96. The minimum absolute atomic E-state index is 0.137. The van der Waals surface area contributed by atoms with Gasteiger partial charge in [0.25, 0.3) is 0 Å². The van der Waals surface area contributed by atoms with E-state index in [1.54, 1.807) is 0 Å². The summed E-state index contributed by atoms with van der Waals surface area (Å²) in [4.78, 5) is 12.7. The molecule has 122 valence electrons. The Morgan fingerprint density at radius 2 is 1.91 bits per heavy atom. The van der Waals surface area contributed by atoms with Gasteiger partial charge in [-0.1, -0.05) is 32.1 Å². The van der Waals surface area contributed by atoms with E-state index in [9.17, 15) is 15.3 Å². The topological polar surface area (TPSA) is 82.5 Å². The predicted molar refractivity (Wildman–Crippen MR) is 89.4 cm³/mol. The zero-order valence-corrected chi connectivity index (χ0v) is 15.1. The lowest BCUT2D eigenvalue weighted by Crippen LogP contribution is -2.29. The van der Waals surface area contributed by atoms with E-state index in [4.69, 9.17) is 0 Å². The van der Waals surface area contributed by atoms with Crippen molar-refractivity contribution in [3.63, 3.8) is 0 Å². The van der Waals surface area contributed by atoms with Crippen LogP contribution in [0.4, 0.5) is 0 Å². The summed E-state index contributed by atoms with van der Waals surface area (Å²) in [7, 11) is 0. The molecule has 1 aliphatic rings. The number of carbonyl (C=O) groups is 1. The third-order valence-corrected chi connectivity index (χ3v) is 5.96. The SMILES string of the molecule is Cc1nn(C(=O)C[C@@H](C(C#N)C#N)C2CCCCC2)c(C)c1Br. The Morgan fingerprint density at radius 1 is 1.30 bits per heavy atom. The molecule has 1 heterocycles. The van der Waals surface area contributed by atoms with Gasteiger partial charge in [0.15, 0.2) is 0 Å². The van der Waals surface area contributed by atoms with Crippen molar-refractivity contribution in [1.29, 1.82) is 10.5 Å². The van der Waals surface area contributed by atoms with Crippen molar-refractivity contribution in [2.45, 2.75) is 52.4 Å². The van der Waals surface area contributed by atoms with E-state index >= 15 is 0 Å². The maximum atomic E-state index is 12.7. The standard InChI is InChI=1S/C17H21BrN4O/c1-11-17(18)12(2)22(21-11)16(23)8-15(14(9-19)10-20)13-6-4-3-5-7-13/h13-15H,3-8H2,1-2H3/t15-/m1/s1. The molecule has 23 heavy (non-hydrogen) atoms. The number of nitrogens with zero attached hydrogens (tertiary/aromatic N) is 4. The van der Waals surface area contributed by atoms with Crippen LogP contribution in [-0.4, -0.2) is 15.7 Å². The Labute approximate surface area is 145 Å². The molecule has 0 amide bonds. The van der Waals surface area contributed by atoms with Gasteiger partial charge in [0.2, 0.25) is 5.91 Å². The van der Waals surface area contributed by atoms with Crippen LogP contribution in [0.25, 0.3) is 0 Å². The maximum Gasteiger partial charge on any atom is 0.247 e. The first kappa shape index (κ1) is 17.7. The number of nitriles is 2. The van der Waals surface area contributed by atoms with E-state index in [1.807, 2.05) is 13.8 Å². The summed E-state index contributed by atoms with van der Waals surface area (Å²) in [5.41, 5.74) is 1.53. The highest BCUT2D eigenvalue weighted by Gasteiger charge is 2.33. The third kappa shape index (κ3) is 3.82. The normalized spacial score (nSPS) is 16.8. The first-order valence-electron chi connectivity index (χ1n) is 8.03. The molecular weight excluding hydrogens is 356 g/mol. The highest BCUT2D eigenvalue weighted by Crippen LogP contribution is 2.36.